The minimum absolute atomic E-state index is 0.00796. The van der Waals surface area contributed by atoms with Crippen molar-refractivity contribution in [3.63, 3.8) is 0 Å². The largest absolute Gasteiger partial charge is 0.351 e. The molecule has 2 amide bonds. The summed E-state index contributed by atoms with van der Waals surface area (Å²) in [4.78, 5) is 26.6. The number of carbonyl (C=O) groups is 2. The molecule has 1 atom stereocenters. The van der Waals surface area contributed by atoms with E-state index in [1.807, 2.05) is 24.3 Å². The molecule has 0 unspecified atom stereocenters. The van der Waals surface area contributed by atoms with Crippen LogP contribution < -0.4 is 5.32 Å². The highest BCUT2D eigenvalue weighted by Crippen LogP contribution is 2.18. The van der Waals surface area contributed by atoms with Crippen LogP contribution in [0.4, 0.5) is 0 Å². The Hall–Kier alpha value is -2.70. The minimum atomic E-state index is -0.135. The number of rotatable bonds is 5. The van der Waals surface area contributed by atoms with Gasteiger partial charge in [0.05, 0.1) is 6.42 Å². The summed E-state index contributed by atoms with van der Waals surface area (Å²) in [7, 11) is 0. The SMILES string of the molecule is Cc1nonc1CC(=O)N[C@H]1CCN(C(=O)c2ccc(C(C)C)cc2)C1. The number of aromatic nitrogens is 2. The highest BCUT2D eigenvalue weighted by molar-refractivity contribution is 5.94. The zero-order chi connectivity index (χ0) is 18.7. The highest BCUT2D eigenvalue weighted by atomic mass is 16.6. The quantitative estimate of drug-likeness (QED) is 0.886. The van der Waals surface area contributed by atoms with Crippen molar-refractivity contribution in [3.05, 3.63) is 46.8 Å². The molecule has 1 saturated heterocycles. The molecule has 2 heterocycles. The molecule has 7 nitrogen and oxygen atoms in total. The zero-order valence-electron chi connectivity index (χ0n) is 15.4. The van der Waals surface area contributed by atoms with Crippen molar-refractivity contribution >= 4 is 11.8 Å². The Labute approximate surface area is 152 Å². The topological polar surface area (TPSA) is 88.3 Å². The van der Waals surface area contributed by atoms with Gasteiger partial charge in [-0.15, -0.1) is 0 Å². The summed E-state index contributed by atoms with van der Waals surface area (Å²) < 4.78 is 4.60. The molecule has 26 heavy (non-hydrogen) atoms. The third kappa shape index (κ3) is 4.09. The zero-order valence-corrected chi connectivity index (χ0v) is 15.4. The standard InChI is InChI=1S/C19H24N4O3/c1-12(2)14-4-6-15(7-5-14)19(25)23-9-8-16(11-23)20-18(24)10-17-13(3)21-26-22-17/h4-7,12,16H,8-11H2,1-3H3,(H,20,24)/t16-/m0/s1. The van der Waals surface area contributed by atoms with Gasteiger partial charge < -0.3 is 10.2 Å². The Morgan fingerprint density at radius 2 is 2.00 bits per heavy atom. The van der Waals surface area contributed by atoms with Crippen LogP contribution in [0.2, 0.25) is 0 Å². The second kappa shape index (κ2) is 7.68. The molecule has 7 heteroatoms. The second-order valence-corrected chi connectivity index (χ2v) is 7.05. The van der Waals surface area contributed by atoms with Crippen LogP contribution >= 0.6 is 0 Å². The van der Waals surface area contributed by atoms with Crippen LogP contribution in [0, 0.1) is 6.92 Å². The monoisotopic (exact) mass is 356 g/mol. The fourth-order valence-electron chi connectivity index (χ4n) is 3.10. The number of aryl methyl sites for hydroxylation is 1. The third-order valence-electron chi connectivity index (χ3n) is 4.74. The van der Waals surface area contributed by atoms with Crippen LogP contribution in [-0.4, -0.2) is 46.2 Å². The lowest BCUT2D eigenvalue weighted by Crippen LogP contribution is -2.39. The first kappa shape index (κ1) is 18.1. The maximum absolute atomic E-state index is 12.6. The van der Waals surface area contributed by atoms with E-state index in [-0.39, 0.29) is 24.3 Å². The predicted molar refractivity (Wildman–Crippen MR) is 95.7 cm³/mol. The van der Waals surface area contributed by atoms with E-state index < -0.39 is 0 Å². The molecular formula is C19H24N4O3. The molecule has 0 radical (unpaired) electrons. The Kier molecular flexibility index (Phi) is 5.35. The molecule has 3 rings (SSSR count). The van der Waals surface area contributed by atoms with Crippen LogP contribution in [0.25, 0.3) is 0 Å². The van der Waals surface area contributed by atoms with Crippen molar-refractivity contribution in [2.75, 3.05) is 13.1 Å². The van der Waals surface area contributed by atoms with Crippen molar-refractivity contribution in [2.45, 2.75) is 45.6 Å². The van der Waals surface area contributed by atoms with Gasteiger partial charge in [-0.25, -0.2) is 4.63 Å². The fraction of sp³-hybridized carbons (Fsp3) is 0.474. The lowest BCUT2D eigenvalue weighted by molar-refractivity contribution is -0.121. The summed E-state index contributed by atoms with van der Waals surface area (Å²) in [6.45, 7) is 7.16. The number of nitrogens with one attached hydrogen (secondary N) is 1. The van der Waals surface area contributed by atoms with Gasteiger partial charge >= 0.3 is 0 Å². The lowest BCUT2D eigenvalue weighted by atomic mass is 10.0. The predicted octanol–water partition coefficient (Wildman–Crippen LogP) is 2.07. The molecule has 1 aromatic carbocycles. The summed E-state index contributed by atoms with van der Waals surface area (Å²) in [5.41, 5.74) is 3.06. The van der Waals surface area contributed by atoms with Crippen LogP contribution in [0.5, 0.6) is 0 Å². The first-order chi connectivity index (χ1) is 12.4. The van der Waals surface area contributed by atoms with E-state index in [0.717, 1.165) is 6.42 Å². The molecule has 0 spiro atoms. The summed E-state index contributed by atoms with van der Waals surface area (Å²) in [5, 5.41) is 10.4. The Balaban J connectivity index is 1.53. The normalized spacial score (nSPS) is 16.9. The Bertz CT molecular complexity index is 782. The van der Waals surface area contributed by atoms with Crippen molar-refractivity contribution in [1.82, 2.24) is 20.5 Å². The smallest absolute Gasteiger partial charge is 0.253 e. The number of nitrogens with zero attached hydrogens (tertiary/aromatic N) is 3. The Morgan fingerprint density at radius 1 is 1.27 bits per heavy atom. The molecule has 2 aromatic rings. The van der Waals surface area contributed by atoms with Crippen LogP contribution in [-0.2, 0) is 11.2 Å². The van der Waals surface area contributed by atoms with Gasteiger partial charge in [0.2, 0.25) is 5.91 Å². The molecule has 0 aliphatic carbocycles. The summed E-state index contributed by atoms with van der Waals surface area (Å²) in [6, 6.07) is 7.72. The van der Waals surface area contributed by atoms with E-state index in [4.69, 9.17) is 0 Å². The number of carbonyl (C=O) groups excluding carboxylic acids is 2. The van der Waals surface area contributed by atoms with E-state index in [1.165, 1.54) is 5.56 Å². The molecule has 1 aromatic heterocycles. The van der Waals surface area contributed by atoms with Crippen molar-refractivity contribution in [1.29, 1.82) is 0 Å². The van der Waals surface area contributed by atoms with Crippen molar-refractivity contribution in [3.8, 4) is 0 Å². The van der Waals surface area contributed by atoms with Crippen LogP contribution in [0.3, 0.4) is 0 Å². The first-order valence-corrected chi connectivity index (χ1v) is 8.90. The van der Waals surface area contributed by atoms with Gasteiger partial charge in [0.15, 0.2) is 0 Å². The maximum atomic E-state index is 12.6. The summed E-state index contributed by atoms with van der Waals surface area (Å²) in [6.07, 6.45) is 0.883. The van der Waals surface area contributed by atoms with Gasteiger partial charge in [0.1, 0.15) is 11.4 Å². The highest BCUT2D eigenvalue weighted by Gasteiger charge is 2.28. The van der Waals surface area contributed by atoms with Crippen molar-refractivity contribution in [2.24, 2.45) is 0 Å². The van der Waals surface area contributed by atoms with E-state index in [1.54, 1.807) is 11.8 Å². The number of benzene rings is 1. The molecule has 1 N–H and O–H groups in total. The molecule has 0 bridgehead atoms. The van der Waals surface area contributed by atoms with Crippen molar-refractivity contribution < 1.29 is 14.2 Å². The molecule has 138 valence electrons. The average Bonchev–Trinajstić information content (AvgIpc) is 3.24. The Morgan fingerprint density at radius 3 is 2.62 bits per heavy atom. The first-order valence-electron chi connectivity index (χ1n) is 8.90. The van der Waals surface area contributed by atoms with Gasteiger partial charge in [-0.05, 0) is 37.0 Å². The fourth-order valence-corrected chi connectivity index (χ4v) is 3.10. The van der Waals surface area contributed by atoms with E-state index >= 15 is 0 Å². The van der Waals surface area contributed by atoms with Gasteiger partial charge in [-0.1, -0.05) is 36.3 Å². The molecular weight excluding hydrogens is 332 g/mol. The number of amides is 2. The molecule has 0 saturated carbocycles. The van der Waals surface area contributed by atoms with E-state index in [0.29, 0.717) is 36.0 Å². The summed E-state index contributed by atoms with van der Waals surface area (Å²) >= 11 is 0. The van der Waals surface area contributed by atoms with Crippen LogP contribution in [0.1, 0.15) is 53.5 Å². The van der Waals surface area contributed by atoms with Gasteiger partial charge in [-0.2, -0.15) is 0 Å². The number of hydrogen-bond donors (Lipinski definition) is 1. The average molecular weight is 356 g/mol. The minimum Gasteiger partial charge on any atom is -0.351 e. The molecule has 1 fully saturated rings. The molecule has 1 aliphatic rings. The number of hydrogen-bond acceptors (Lipinski definition) is 5. The van der Waals surface area contributed by atoms with Gasteiger partial charge in [0, 0.05) is 24.7 Å². The van der Waals surface area contributed by atoms with E-state index in [9.17, 15) is 9.59 Å². The number of likely N-dealkylation sites (tertiary alicyclic amines) is 1. The molecule has 1 aliphatic heterocycles. The third-order valence-corrected chi connectivity index (χ3v) is 4.74. The van der Waals surface area contributed by atoms with Crippen LogP contribution in [0.15, 0.2) is 28.9 Å². The second-order valence-electron chi connectivity index (χ2n) is 7.05. The summed E-state index contributed by atoms with van der Waals surface area (Å²) in [5.74, 6) is 0.312. The lowest BCUT2D eigenvalue weighted by Gasteiger charge is -2.17. The van der Waals surface area contributed by atoms with Gasteiger partial charge in [-0.3, -0.25) is 9.59 Å². The maximum Gasteiger partial charge on any atom is 0.253 e. The van der Waals surface area contributed by atoms with Gasteiger partial charge in [0.25, 0.3) is 5.91 Å². The van der Waals surface area contributed by atoms with E-state index in [2.05, 4.69) is 34.1 Å².